The maximum atomic E-state index is 13.2. The lowest BCUT2D eigenvalue weighted by molar-refractivity contribution is 0.0326. The molecule has 0 fully saturated rings. The molecule has 0 bridgehead atoms. The Kier molecular flexibility index (Phi) is 6.65. The van der Waals surface area contributed by atoms with Crippen LogP contribution in [0.3, 0.4) is 0 Å². The summed E-state index contributed by atoms with van der Waals surface area (Å²) in [6, 6.07) is 8.05. The summed E-state index contributed by atoms with van der Waals surface area (Å²) in [6.45, 7) is 2.45. The van der Waals surface area contributed by atoms with Crippen molar-refractivity contribution < 1.29 is 24.5 Å². The van der Waals surface area contributed by atoms with Crippen LogP contribution in [0.1, 0.15) is 49.1 Å². The molecule has 0 aromatic heterocycles. The summed E-state index contributed by atoms with van der Waals surface area (Å²) in [5, 5.41) is 20.2. The average molecular weight is 464 g/mol. The Morgan fingerprint density at radius 2 is 1.65 bits per heavy atom. The van der Waals surface area contributed by atoms with E-state index in [1.54, 1.807) is 30.3 Å². The van der Waals surface area contributed by atoms with Crippen LogP contribution in [0.5, 0.6) is 5.75 Å². The second-order valence-electron chi connectivity index (χ2n) is 7.71. The lowest BCUT2D eigenvalue weighted by atomic mass is 9.80. The smallest absolute Gasteiger partial charge is 0.194 e. The molecule has 164 valence electrons. The van der Waals surface area contributed by atoms with E-state index in [-0.39, 0.29) is 23.6 Å². The number of ketones is 2. The zero-order valence-electron chi connectivity index (χ0n) is 16.8. The van der Waals surface area contributed by atoms with Crippen molar-refractivity contribution in [1.82, 2.24) is 4.90 Å². The zero-order chi connectivity index (χ0) is 22.1. The molecular weight excluding hydrogens is 441 g/mol. The number of hydrogen-bond acceptors (Lipinski definition) is 6. The van der Waals surface area contributed by atoms with Gasteiger partial charge in [-0.05, 0) is 35.4 Å². The summed E-state index contributed by atoms with van der Waals surface area (Å²) in [6.07, 6.45) is -1.87. The first-order valence-corrected chi connectivity index (χ1v) is 11.3. The fourth-order valence-electron chi connectivity index (χ4n) is 4.28. The topological polar surface area (TPSA) is 87.1 Å². The Morgan fingerprint density at radius 1 is 0.935 bits per heavy atom. The molecule has 4 rings (SSSR count). The van der Waals surface area contributed by atoms with E-state index in [4.69, 9.17) is 27.9 Å². The molecule has 0 amide bonds. The molecule has 2 unspecified atom stereocenters. The van der Waals surface area contributed by atoms with E-state index in [1.165, 1.54) is 0 Å². The third-order valence-electron chi connectivity index (χ3n) is 5.88. The van der Waals surface area contributed by atoms with Gasteiger partial charge in [0, 0.05) is 60.1 Å². The van der Waals surface area contributed by atoms with Crippen LogP contribution in [0, 0.1) is 0 Å². The number of benzene rings is 2. The van der Waals surface area contributed by atoms with E-state index >= 15 is 0 Å². The molecule has 0 saturated carbocycles. The number of carbonyl (C=O) groups is 2. The maximum absolute atomic E-state index is 13.2. The highest BCUT2D eigenvalue weighted by molar-refractivity contribution is 6.29. The van der Waals surface area contributed by atoms with Crippen LogP contribution in [-0.4, -0.2) is 70.8 Å². The van der Waals surface area contributed by atoms with E-state index in [1.807, 2.05) is 0 Å². The zero-order valence-corrected chi connectivity index (χ0v) is 18.3. The maximum Gasteiger partial charge on any atom is 0.194 e. The number of ether oxygens (including phenoxy) is 1. The molecule has 2 aromatic carbocycles. The molecule has 0 spiro atoms. The highest BCUT2D eigenvalue weighted by Crippen LogP contribution is 2.39. The third-order valence-corrected chi connectivity index (χ3v) is 6.21. The minimum atomic E-state index is -1.04. The van der Waals surface area contributed by atoms with Crippen LogP contribution in [0.4, 0.5) is 0 Å². The van der Waals surface area contributed by atoms with E-state index in [2.05, 4.69) is 4.90 Å². The van der Waals surface area contributed by atoms with Crippen molar-refractivity contribution in [2.24, 2.45) is 0 Å². The SMILES string of the molecule is O=C1c2cc(OCCN(CCCl)CCCl)ccc2C(=O)c2c1ccc1c2CC(O)C1O. The van der Waals surface area contributed by atoms with E-state index in [0.29, 0.717) is 71.6 Å². The Bertz CT molecular complexity index is 1020. The molecule has 6 nitrogen and oxygen atoms in total. The molecule has 0 heterocycles. The normalized spacial score (nSPS) is 19.4. The molecule has 2 aliphatic carbocycles. The van der Waals surface area contributed by atoms with Crippen LogP contribution in [0.25, 0.3) is 0 Å². The minimum Gasteiger partial charge on any atom is -0.492 e. The second kappa shape index (κ2) is 9.27. The molecule has 0 aliphatic heterocycles. The van der Waals surface area contributed by atoms with Crippen molar-refractivity contribution in [3.63, 3.8) is 0 Å². The summed E-state index contributed by atoms with van der Waals surface area (Å²) < 4.78 is 5.81. The summed E-state index contributed by atoms with van der Waals surface area (Å²) in [7, 11) is 0. The Labute approximate surface area is 190 Å². The van der Waals surface area contributed by atoms with Crippen LogP contribution in [-0.2, 0) is 6.42 Å². The number of nitrogens with zero attached hydrogens (tertiary/aromatic N) is 1. The van der Waals surface area contributed by atoms with Gasteiger partial charge in [0.15, 0.2) is 11.6 Å². The summed E-state index contributed by atoms with van der Waals surface area (Å²) >= 11 is 11.6. The number of hydrogen-bond donors (Lipinski definition) is 2. The predicted molar refractivity (Wildman–Crippen MR) is 118 cm³/mol. The van der Waals surface area contributed by atoms with Crippen molar-refractivity contribution in [1.29, 1.82) is 0 Å². The van der Waals surface area contributed by atoms with Crippen molar-refractivity contribution in [3.05, 3.63) is 63.7 Å². The number of aliphatic hydroxyl groups excluding tert-OH is 2. The molecule has 2 aliphatic rings. The molecule has 2 N–H and O–H groups in total. The quantitative estimate of drug-likeness (QED) is 0.499. The number of aliphatic hydroxyl groups is 2. The van der Waals surface area contributed by atoms with Gasteiger partial charge in [0.1, 0.15) is 18.5 Å². The van der Waals surface area contributed by atoms with Crippen LogP contribution in [0.15, 0.2) is 30.3 Å². The summed E-state index contributed by atoms with van der Waals surface area (Å²) in [4.78, 5) is 28.4. The minimum absolute atomic E-state index is 0.149. The Balaban J connectivity index is 1.56. The van der Waals surface area contributed by atoms with Gasteiger partial charge in [-0.25, -0.2) is 0 Å². The summed E-state index contributed by atoms with van der Waals surface area (Å²) in [5.41, 5.74) is 2.25. The molecule has 0 saturated heterocycles. The largest absolute Gasteiger partial charge is 0.492 e. The Hall–Kier alpha value is -1.96. The van der Waals surface area contributed by atoms with E-state index in [0.717, 1.165) is 0 Å². The first-order valence-electron chi connectivity index (χ1n) is 10.2. The highest BCUT2D eigenvalue weighted by Gasteiger charge is 2.38. The predicted octanol–water partition coefficient (Wildman–Crippen LogP) is 2.57. The van der Waals surface area contributed by atoms with Gasteiger partial charge < -0.3 is 14.9 Å². The first kappa shape index (κ1) is 22.2. The van der Waals surface area contributed by atoms with Crippen LogP contribution < -0.4 is 4.74 Å². The molecule has 0 radical (unpaired) electrons. The lowest BCUT2D eigenvalue weighted by Gasteiger charge is -2.22. The number of fused-ring (bicyclic) bond motifs is 4. The van der Waals surface area contributed by atoms with Gasteiger partial charge in [-0.2, -0.15) is 0 Å². The Morgan fingerprint density at radius 3 is 2.35 bits per heavy atom. The monoisotopic (exact) mass is 463 g/mol. The van der Waals surface area contributed by atoms with Gasteiger partial charge in [-0.1, -0.05) is 6.07 Å². The molecule has 31 heavy (non-hydrogen) atoms. The second-order valence-corrected chi connectivity index (χ2v) is 8.46. The third kappa shape index (κ3) is 4.11. The molecule has 8 heteroatoms. The van der Waals surface area contributed by atoms with Gasteiger partial charge >= 0.3 is 0 Å². The van der Waals surface area contributed by atoms with Crippen LogP contribution >= 0.6 is 23.2 Å². The van der Waals surface area contributed by atoms with Gasteiger partial charge in [0.25, 0.3) is 0 Å². The lowest BCUT2D eigenvalue weighted by Crippen LogP contribution is -2.32. The van der Waals surface area contributed by atoms with Crippen molar-refractivity contribution >= 4 is 34.8 Å². The van der Waals surface area contributed by atoms with Crippen molar-refractivity contribution in [2.45, 2.75) is 18.6 Å². The van der Waals surface area contributed by atoms with E-state index in [9.17, 15) is 19.8 Å². The fraction of sp³-hybridized carbons (Fsp3) is 0.391. The van der Waals surface area contributed by atoms with E-state index < -0.39 is 12.2 Å². The molecule has 2 aromatic rings. The number of alkyl halides is 2. The molecule has 2 atom stereocenters. The highest BCUT2D eigenvalue weighted by atomic mass is 35.5. The fourth-order valence-corrected chi connectivity index (χ4v) is 4.76. The van der Waals surface area contributed by atoms with Crippen molar-refractivity contribution in [2.75, 3.05) is 38.0 Å². The number of halogens is 2. The standard InChI is InChI=1S/C23H23Cl2NO5/c24-5-7-26(8-6-25)9-10-31-13-1-2-15-18(11-13)21(28)16-4-3-14-17(20(16)23(15)30)12-19(27)22(14)29/h1-4,11,19,22,27,29H,5-10,12H2. The van der Waals surface area contributed by atoms with Gasteiger partial charge in [-0.3, -0.25) is 14.5 Å². The number of carbonyl (C=O) groups excluding carboxylic acids is 2. The van der Waals surface area contributed by atoms with Crippen molar-refractivity contribution in [3.8, 4) is 5.75 Å². The van der Waals surface area contributed by atoms with Crippen LogP contribution in [0.2, 0.25) is 0 Å². The van der Waals surface area contributed by atoms with Gasteiger partial charge in [0.2, 0.25) is 0 Å². The van der Waals surface area contributed by atoms with Gasteiger partial charge in [-0.15, -0.1) is 23.2 Å². The first-order chi connectivity index (χ1) is 15.0. The number of rotatable bonds is 8. The summed E-state index contributed by atoms with van der Waals surface area (Å²) in [5.74, 6) is 0.976. The average Bonchev–Trinajstić information content (AvgIpc) is 3.05. The van der Waals surface area contributed by atoms with Gasteiger partial charge in [0.05, 0.1) is 6.10 Å². The molecular formula is C23H23Cl2NO5.